The van der Waals surface area contributed by atoms with Gasteiger partial charge in [-0.1, -0.05) is 26.0 Å². The monoisotopic (exact) mass is 320 g/mol. The van der Waals surface area contributed by atoms with Crippen LogP contribution in [-0.2, 0) is 0 Å². The van der Waals surface area contributed by atoms with Gasteiger partial charge in [-0.2, -0.15) is 0 Å². The third-order valence-electron chi connectivity index (χ3n) is 2.91. The van der Waals surface area contributed by atoms with Gasteiger partial charge in [-0.15, -0.1) is 0 Å². The van der Waals surface area contributed by atoms with E-state index in [1.54, 1.807) is 12.3 Å². The van der Waals surface area contributed by atoms with E-state index in [1.165, 1.54) is 5.56 Å². The van der Waals surface area contributed by atoms with E-state index in [2.05, 4.69) is 53.0 Å². The van der Waals surface area contributed by atoms with Gasteiger partial charge in [0.2, 0.25) is 5.88 Å². The number of pyridine rings is 1. The van der Waals surface area contributed by atoms with Crippen LogP contribution in [0.5, 0.6) is 11.6 Å². The highest BCUT2D eigenvalue weighted by atomic mass is 79.9. The van der Waals surface area contributed by atoms with Crippen molar-refractivity contribution in [2.45, 2.75) is 26.7 Å². The fourth-order valence-electron chi connectivity index (χ4n) is 1.71. The largest absolute Gasteiger partial charge is 0.438 e. The predicted molar refractivity (Wildman–Crippen MR) is 81.7 cm³/mol. The summed E-state index contributed by atoms with van der Waals surface area (Å²) in [6.07, 6.45) is 1.59. The first kappa shape index (κ1) is 13.9. The molecule has 0 radical (unpaired) electrons. The number of rotatable bonds is 3. The third-order valence-corrected chi connectivity index (χ3v) is 3.48. The standard InChI is InChI=1S/C15H17BrN2O/c1-9(2)11-5-4-10(3)14(6-11)19-15-13(16)7-12(17)8-18-15/h4-9H,17H2,1-3H3. The first-order valence-corrected chi connectivity index (χ1v) is 6.96. The summed E-state index contributed by atoms with van der Waals surface area (Å²) in [4.78, 5) is 4.19. The lowest BCUT2D eigenvalue weighted by molar-refractivity contribution is 0.455. The third kappa shape index (κ3) is 3.26. The van der Waals surface area contributed by atoms with Gasteiger partial charge in [0.15, 0.2) is 0 Å². The number of aromatic nitrogens is 1. The Bertz CT molecular complexity index is 597. The van der Waals surface area contributed by atoms with Gasteiger partial charge >= 0.3 is 0 Å². The fraction of sp³-hybridized carbons (Fsp3) is 0.267. The van der Waals surface area contributed by atoms with Crippen molar-refractivity contribution in [3.8, 4) is 11.6 Å². The SMILES string of the molecule is Cc1ccc(C(C)C)cc1Oc1ncc(N)cc1Br. The second-order valence-corrected chi connectivity index (χ2v) is 5.69. The molecule has 0 aliphatic rings. The second kappa shape index (κ2) is 5.61. The molecular formula is C15H17BrN2O. The minimum Gasteiger partial charge on any atom is -0.438 e. The summed E-state index contributed by atoms with van der Waals surface area (Å²) in [7, 11) is 0. The van der Waals surface area contributed by atoms with Crippen LogP contribution in [0.25, 0.3) is 0 Å². The first-order chi connectivity index (χ1) is 8.97. The molecule has 0 amide bonds. The van der Waals surface area contributed by atoms with E-state index in [1.807, 2.05) is 6.92 Å². The van der Waals surface area contributed by atoms with Crippen molar-refractivity contribution in [2.75, 3.05) is 5.73 Å². The van der Waals surface area contributed by atoms with Crippen LogP contribution in [0.2, 0.25) is 0 Å². The van der Waals surface area contributed by atoms with Crippen molar-refractivity contribution in [2.24, 2.45) is 0 Å². The Morgan fingerprint density at radius 2 is 2.00 bits per heavy atom. The fourth-order valence-corrected chi connectivity index (χ4v) is 2.15. The van der Waals surface area contributed by atoms with Crippen LogP contribution in [0.4, 0.5) is 5.69 Å². The molecule has 2 rings (SSSR count). The Balaban J connectivity index is 2.34. The van der Waals surface area contributed by atoms with E-state index in [9.17, 15) is 0 Å². The lowest BCUT2D eigenvalue weighted by Crippen LogP contribution is -1.95. The van der Waals surface area contributed by atoms with Gasteiger partial charge in [-0.05, 0) is 52.0 Å². The molecule has 0 saturated carbocycles. The number of benzene rings is 1. The molecule has 0 spiro atoms. The van der Waals surface area contributed by atoms with E-state index in [0.29, 0.717) is 17.5 Å². The molecule has 2 aromatic rings. The van der Waals surface area contributed by atoms with Crippen molar-refractivity contribution in [1.82, 2.24) is 4.98 Å². The van der Waals surface area contributed by atoms with E-state index >= 15 is 0 Å². The minimum atomic E-state index is 0.464. The van der Waals surface area contributed by atoms with Crippen molar-refractivity contribution < 1.29 is 4.74 Å². The molecule has 1 aromatic heterocycles. The molecule has 0 atom stereocenters. The summed E-state index contributed by atoms with van der Waals surface area (Å²) in [6, 6.07) is 8.03. The maximum absolute atomic E-state index is 5.87. The average Bonchev–Trinajstić information content (AvgIpc) is 2.34. The zero-order valence-corrected chi connectivity index (χ0v) is 12.9. The maximum Gasteiger partial charge on any atom is 0.233 e. The lowest BCUT2D eigenvalue weighted by atomic mass is 10.0. The molecule has 1 heterocycles. The highest BCUT2D eigenvalue weighted by molar-refractivity contribution is 9.10. The van der Waals surface area contributed by atoms with Gasteiger partial charge in [0.1, 0.15) is 5.75 Å². The molecule has 0 saturated heterocycles. The number of anilines is 1. The number of hydrogen-bond donors (Lipinski definition) is 1. The van der Waals surface area contributed by atoms with Crippen LogP contribution in [0.1, 0.15) is 30.9 Å². The van der Waals surface area contributed by atoms with Crippen LogP contribution in [0, 0.1) is 6.92 Å². The molecule has 0 bridgehead atoms. The molecular weight excluding hydrogens is 304 g/mol. The number of nitrogen functional groups attached to an aromatic ring is 1. The summed E-state index contributed by atoms with van der Waals surface area (Å²) in [5.74, 6) is 1.81. The molecule has 0 unspecified atom stereocenters. The summed E-state index contributed by atoms with van der Waals surface area (Å²) in [6.45, 7) is 6.34. The van der Waals surface area contributed by atoms with E-state index < -0.39 is 0 Å². The topological polar surface area (TPSA) is 48.1 Å². The molecule has 19 heavy (non-hydrogen) atoms. The number of aryl methyl sites for hydroxylation is 1. The van der Waals surface area contributed by atoms with Gasteiger partial charge in [0.05, 0.1) is 16.4 Å². The minimum absolute atomic E-state index is 0.464. The zero-order chi connectivity index (χ0) is 14.0. The molecule has 4 heteroatoms. The second-order valence-electron chi connectivity index (χ2n) is 4.84. The van der Waals surface area contributed by atoms with Crippen LogP contribution >= 0.6 is 15.9 Å². The van der Waals surface area contributed by atoms with E-state index in [4.69, 9.17) is 10.5 Å². The molecule has 1 aromatic carbocycles. The van der Waals surface area contributed by atoms with Crippen LogP contribution in [-0.4, -0.2) is 4.98 Å². The molecule has 100 valence electrons. The number of nitrogens with two attached hydrogens (primary N) is 1. The van der Waals surface area contributed by atoms with Gasteiger partial charge < -0.3 is 10.5 Å². The average molecular weight is 321 g/mol. The Morgan fingerprint density at radius 3 is 2.63 bits per heavy atom. The highest BCUT2D eigenvalue weighted by Gasteiger charge is 2.09. The molecule has 2 N–H and O–H groups in total. The zero-order valence-electron chi connectivity index (χ0n) is 11.3. The van der Waals surface area contributed by atoms with Crippen molar-refractivity contribution >= 4 is 21.6 Å². The summed E-state index contributed by atoms with van der Waals surface area (Å²) in [5, 5.41) is 0. The quantitative estimate of drug-likeness (QED) is 0.895. The summed E-state index contributed by atoms with van der Waals surface area (Å²) < 4.78 is 6.62. The van der Waals surface area contributed by atoms with Crippen LogP contribution < -0.4 is 10.5 Å². The van der Waals surface area contributed by atoms with Crippen molar-refractivity contribution in [3.63, 3.8) is 0 Å². The van der Waals surface area contributed by atoms with Crippen LogP contribution in [0.3, 0.4) is 0 Å². The number of ether oxygens (including phenoxy) is 1. The number of hydrogen-bond acceptors (Lipinski definition) is 3. The van der Waals surface area contributed by atoms with Crippen molar-refractivity contribution in [1.29, 1.82) is 0 Å². The van der Waals surface area contributed by atoms with E-state index in [-0.39, 0.29) is 0 Å². The normalized spacial score (nSPS) is 10.8. The van der Waals surface area contributed by atoms with E-state index in [0.717, 1.165) is 15.8 Å². The van der Waals surface area contributed by atoms with Crippen LogP contribution in [0.15, 0.2) is 34.9 Å². The molecule has 3 nitrogen and oxygen atoms in total. The smallest absolute Gasteiger partial charge is 0.233 e. The lowest BCUT2D eigenvalue weighted by Gasteiger charge is -2.12. The van der Waals surface area contributed by atoms with Gasteiger partial charge in [-0.3, -0.25) is 0 Å². The molecule has 0 aliphatic carbocycles. The molecule has 0 aliphatic heterocycles. The Hall–Kier alpha value is -1.55. The maximum atomic E-state index is 5.87. The summed E-state index contributed by atoms with van der Waals surface area (Å²) >= 11 is 3.41. The molecule has 0 fully saturated rings. The van der Waals surface area contributed by atoms with Gasteiger partial charge in [0.25, 0.3) is 0 Å². The Morgan fingerprint density at radius 1 is 1.26 bits per heavy atom. The number of nitrogens with zero attached hydrogens (tertiary/aromatic N) is 1. The summed E-state index contributed by atoms with van der Waals surface area (Å²) in [5.41, 5.74) is 8.59. The van der Waals surface area contributed by atoms with Gasteiger partial charge in [0, 0.05) is 0 Å². The number of halogens is 1. The Kier molecular flexibility index (Phi) is 4.10. The first-order valence-electron chi connectivity index (χ1n) is 6.17. The predicted octanol–water partition coefficient (Wildman–Crippen LogP) is 4.65. The Labute approximate surface area is 121 Å². The van der Waals surface area contributed by atoms with Gasteiger partial charge in [-0.25, -0.2) is 4.98 Å². The highest BCUT2D eigenvalue weighted by Crippen LogP contribution is 2.32. The van der Waals surface area contributed by atoms with Crippen molar-refractivity contribution in [3.05, 3.63) is 46.1 Å².